The molecule has 0 unspecified atom stereocenters. The van der Waals surface area contributed by atoms with Crippen LogP contribution in [-0.2, 0) is 9.59 Å². The van der Waals surface area contributed by atoms with Gasteiger partial charge in [-0.15, -0.1) is 0 Å². The number of aromatic amines is 1. The van der Waals surface area contributed by atoms with Gasteiger partial charge in [0.2, 0.25) is 17.8 Å². The first-order valence-corrected chi connectivity index (χ1v) is 10.0. The molecule has 2 aliphatic heterocycles. The first-order chi connectivity index (χ1) is 13.9. The highest BCUT2D eigenvalue weighted by atomic mass is 16.2. The van der Waals surface area contributed by atoms with E-state index in [1.54, 1.807) is 0 Å². The Balaban J connectivity index is 1.61. The van der Waals surface area contributed by atoms with Gasteiger partial charge in [-0.05, 0) is 36.5 Å². The number of nitrogens with zero attached hydrogens (tertiary/aromatic N) is 2. The standard InChI is InChI=1S/C21H25N5O3/c1-12(2)13-5-7-14(8-6-13)22-19(28)15-11-16(27)23-18-17(15)20(29)25-21(24-18)26-9-3-4-10-26/h5-8,12,15H,3-4,9-11H2,1-2H3,(H,22,28)(H2,23,24,25,27,29)/t15-/m1/s1. The topological polar surface area (TPSA) is 107 Å². The molecule has 3 heterocycles. The van der Waals surface area contributed by atoms with Crippen LogP contribution in [0.4, 0.5) is 17.5 Å². The molecule has 1 fully saturated rings. The van der Waals surface area contributed by atoms with E-state index in [0.717, 1.165) is 25.9 Å². The van der Waals surface area contributed by atoms with Crippen LogP contribution in [0, 0.1) is 0 Å². The van der Waals surface area contributed by atoms with Crippen molar-refractivity contribution in [3.8, 4) is 0 Å². The van der Waals surface area contributed by atoms with E-state index < -0.39 is 5.92 Å². The maximum Gasteiger partial charge on any atom is 0.258 e. The molecule has 2 amide bonds. The second kappa shape index (κ2) is 7.69. The average Bonchev–Trinajstić information content (AvgIpc) is 3.22. The summed E-state index contributed by atoms with van der Waals surface area (Å²) in [4.78, 5) is 47.1. The van der Waals surface area contributed by atoms with Crippen molar-refractivity contribution in [2.24, 2.45) is 0 Å². The predicted molar refractivity (Wildman–Crippen MR) is 111 cm³/mol. The maximum absolute atomic E-state index is 12.9. The molecule has 0 spiro atoms. The van der Waals surface area contributed by atoms with Gasteiger partial charge in [-0.3, -0.25) is 19.4 Å². The summed E-state index contributed by atoms with van der Waals surface area (Å²) in [7, 11) is 0. The summed E-state index contributed by atoms with van der Waals surface area (Å²) in [5.74, 6) is -0.576. The molecule has 0 aliphatic carbocycles. The highest BCUT2D eigenvalue weighted by Crippen LogP contribution is 2.31. The zero-order valence-corrected chi connectivity index (χ0v) is 16.6. The molecule has 4 rings (SSSR count). The van der Waals surface area contributed by atoms with Crippen molar-refractivity contribution in [1.29, 1.82) is 0 Å². The van der Waals surface area contributed by atoms with E-state index >= 15 is 0 Å². The number of carbonyl (C=O) groups is 2. The van der Waals surface area contributed by atoms with E-state index in [1.807, 2.05) is 29.2 Å². The van der Waals surface area contributed by atoms with E-state index in [9.17, 15) is 14.4 Å². The molecule has 1 atom stereocenters. The normalized spacial score (nSPS) is 18.5. The SMILES string of the molecule is CC(C)c1ccc(NC(=O)[C@@H]2CC(=O)Nc3nc(N4CCCC4)[nH]c(=O)c32)cc1. The number of anilines is 3. The number of nitrogens with one attached hydrogen (secondary N) is 3. The summed E-state index contributed by atoms with van der Waals surface area (Å²) in [5, 5.41) is 5.48. The van der Waals surface area contributed by atoms with Crippen LogP contribution in [-0.4, -0.2) is 34.9 Å². The number of fused-ring (bicyclic) bond motifs is 1. The molecule has 1 aromatic carbocycles. The first-order valence-electron chi connectivity index (χ1n) is 10.0. The Morgan fingerprint density at radius 2 is 1.86 bits per heavy atom. The fourth-order valence-corrected chi connectivity index (χ4v) is 3.84. The van der Waals surface area contributed by atoms with Crippen LogP contribution in [0.15, 0.2) is 29.1 Å². The minimum Gasteiger partial charge on any atom is -0.342 e. The van der Waals surface area contributed by atoms with Crippen LogP contribution in [0.3, 0.4) is 0 Å². The lowest BCUT2D eigenvalue weighted by atomic mass is 9.92. The van der Waals surface area contributed by atoms with Crippen molar-refractivity contribution in [3.05, 3.63) is 45.7 Å². The summed E-state index contributed by atoms with van der Waals surface area (Å²) < 4.78 is 0. The fourth-order valence-electron chi connectivity index (χ4n) is 3.84. The van der Waals surface area contributed by atoms with E-state index in [4.69, 9.17) is 0 Å². The molecule has 8 heteroatoms. The quantitative estimate of drug-likeness (QED) is 0.738. The maximum atomic E-state index is 12.9. The van der Waals surface area contributed by atoms with Gasteiger partial charge >= 0.3 is 0 Å². The van der Waals surface area contributed by atoms with Crippen LogP contribution < -0.4 is 21.1 Å². The van der Waals surface area contributed by atoms with Crippen LogP contribution in [0.5, 0.6) is 0 Å². The van der Waals surface area contributed by atoms with Crippen LogP contribution in [0.2, 0.25) is 0 Å². The molecular formula is C21H25N5O3. The summed E-state index contributed by atoms with van der Waals surface area (Å²) in [6.45, 7) is 5.82. The lowest BCUT2D eigenvalue weighted by molar-refractivity contribution is -0.123. The van der Waals surface area contributed by atoms with Gasteiger partial charge < -0.3 is 15.5 Å². The van der Waals surface area contributed by atoms with Gasteiger partial charge in [-0.2, -0.15) is 4.98 Å². The molecule has 0 radical (unpaired) electrons. The Bertz CT molecular complexity index is 990. The van der Waals surface area contributed by atoms with Gasteiger partial charge in [-0.25, -0.2) is 0 Å². The number of hydrogen-bond donors (Lipinski definition) is 3. The van der Waals surface area contributed by atoms with E-state index in [1.165, 1.54) is 5.56 Å². The minimum absolute atomic E-state index is 0.0866. The van der Waals surface area contributed by atoms with E-state index in [2.05, 4.69) is 34.4 Å². The molecule has 2 aliphatic rings. The van der Waals surface area contributed by atoms with Gasteiger partial charge in [-0.1, -0.05) is 26.0 Å². The average molecular weight is 395 g/mol. The zero-order chi connectivity index (χ0) is 20.5. The molecular weight excluding hydrogens is 370 g/mol. The Morgan fingerprint density at radius 1 is 1.17 bits per heavy atom. The van der Waals surface area contributed by atoms with E-state index in [-0.39, 0.29) is 35.2 Å². The summed E-state index contributed by atoms with van der Waals surface area (Å²) in [5.41, 5.74) is 1.63. The van der Waals surface area contributed by atoms with Gasteiger partial charge in [0.15, 0.2) is 0 Å². The number of hydrogen-bond acceptors (Lipinski definition) is 5. The van der Waals surface area contributed by atoms with Crippen molar-refractivity contribution in [2.75, 3.05) is 28.6 Å². The Hall–Kier alpha value is -3.16. The van der Waals surface area contributed by atoms with Crippen LogP contribution in [0.25, 0.3) is 0 Å². The molecule has 1 saturated heterocycles. The van der Waals surface area contributed by atoms with Gasteiger partial charge in [0, 0.05) is 25.2 Å². The van der Waals surface area contributed by atoms with Gasteiger partial charge in [0.1, 0.15) is 5.82 Å². The fraction of sp³-hybridized carbons (Fsp3) is 0.429. The third-order valence-corrected chi connectivity index (χ3v) is 5.51. The highest BCUT2D eigenvalue weighted by molar-refractivity contribution is 6.04. The van der Waals surface area contributed by atoms with Gasteiger partial charge in [0.25, 0.3) is 5.56 Å². The van der Waals surface area contributed by atoms with Crippen LogP contribution >= 0.6 is 0 Å². The molecule has 0 bridgehead atoms. The number of aromatic nitrogens is 2. The largest absolute Gasteiger partial charge is 0.342 e. The summed E-state index contributed by atoms with van der Waals surface area (Å²) >= 11 is 0. The third kappa shape index (κ3) is 3.87. The van der Waals surface area contributed by atoms with Gasteiger partial charge in [0.05, 0.1) is 11.5 Å². The second-order valence-corrected chi connectivity index (χ2v) is 7.92. The summed E-state index contributed by atoms with van der Waals surface area (Å²) in [6, 6.07) is 7.57. The number of amides is 2. The molecule has 0 saturated carbocycles. The van der Waals surface area contributed by atoms with Crippen molar-refractivity contribution in [3.63, 3.8) is 0 Å². The van der Waals surface area contributed by atoms with Crippen molar-refractivity contribution >= 4 is 29.3 Å². The number of carbonyl (C=O) groups excluding carboxylic acids is 2. The van der Waals surface area contributed by atoms with E-state index in [0.29, 0.717) is 17.6 Å². The van der Waals surface area contributed by atoms with Crippen LogP contribution in [0.1, 0.15) is 56.1 Å². The molecule has 8 nitrogen and oxygen atoms in total. The Labute approximate surface area is 168 Å². The molecule has 3 N–H and O–H groups in total. The van der Waals surface area contributed by atoms with Crippen molar-refractivity contribution in [1.82, 2.24) is 9.97 Å². The monoisotopic (exact) mass is 395 g/mol. The summed E-state index contributed by atoms with van der Waals surface area (Å²) in [6.07, 6.45) is 1.98. The molecule has 152 valence electrons. The molecule has 29 heavy (non-hydrogen) atoms. The molecule has 2 aromatic rings. The Morgan fingerprint density at radius 3 is 2.52 bits per heavy atom. The Kier molecular flexibility index (Phi) is 5.08. The predicted octanol–water partition coefficient (Wildman–Crippen LogP) is 2.56. The van der Waals surface area contributed by atoms with Crippen molar-refractivity contribution < 1.29 is 9.59 Å². The number of benzene rings is 1. The number of rotatable bonds is 4. The first kappa shape index (κ1) is 19.2. The highest BCUT2D eigenvalue weighted by Gasteiger charge is 2.35. The lowest BCUT2D eigenvalue weighted by Gasteiger charge is -2.25. The zero-order valence-electron chi connectivity index (χ0n) is 16.6. The van der Waals surface area contributed by atoms with Crippen molar-refractivity contribution in [2.45, 2.75) is 44.9 Å². The molecule has 1 aromatic heterocycles. The minimum atomic E-state index is -0.882. The number of H-pyrrole nitrogens is 1. The third-order valence-electron chi connectivity index (χ3n) is 5.51. The lowest BCUT2D eigenvalue weighted by Crippen LogP contribution is -2.37. The second-order valence-electron chi connectivity index (χ2n) is 7.92. The smallest absolute Gasteiger partial charge is 0.258 e.